The lowest BCUT2D eigenvalue weighted by molar-refractivity contribution is 0.625. The SMILES string of the molecule is c1cnc2ncc(-c3cncc(C4CCCN4)n3)n2c1. The van der Waals surface area contributed by atoms with Crippen LogP contribution in [0.25, 0.3) is 17.2 Å². The maximum Gasteiger partial charge on any atom is 0.234 e. The lowest BCUT2D eigenvalue weighted by atomic mass is 10.1. The molecule has 0 bridgehead atoms. The second kappa shape index (κ2) is 4.64. The van der Waals surface area contributed by atoms with Crippen molar-refractivity contribution in [2.75, 3.05) is 6.54 Å². The molecule has 1 saturated heterocycles. The fourth-order valence-electron chi connectivity index (χ4n) is 2.63. The fraction of sp³-hybridized carbons (Fsp3) is 0.286. The van der Waals surface area contributed by atoms with Gasteiger partial charge in [-0.2, -0.15) is 0 Å². The molecule has 0 radical (unpaired) electrons. The fourth-order valence-corrected chi connectivity index (χ4v) is 2.63. The molecule has 3 aromatic rings. The molecule has 1 N–H and O–H groups in total. The Bertz CT molecular complexity index is 744. The average molecular weight is 266 g/mol. The van der Waals surface area contributed by atoms with Gasteiger partial charge < -0.3 is 5.32 Å². The van der Waals surface area contributed by atoms with E-state index >= 15 is 0 Å². The van der Waals surface area contributed by atoms with Gasteiger partial charge in [0.25, 0.3) is 0 Å². The van der Waals surface area contributed by atoms with Gasteiger partial charge in [-0.25, -0.2) is 15.0 Å². The molecule has 4 rings (SSSR count). The summed E-state index contributed by atoms with van der Waals surface area (Å²) >= 11 is 0. The van der Waals surface area contributed by atoms with Gasteiger partial charge in [0.2, 0.25) is 5.78 Å². The number of nitrogens with zero attached hydrogens (tertiary/aromatic N) is 5. The number of fused-ring (bicyclic) bond motifs is 1. The Morgan fingerprint density at radius 2 is 2.20 bits per heavy atom. The lowest BCUT2D eigenvalue weighted by Crippen LogP contribution is -2.14. The summed E-state index contributed by atoms with van der Waals surface area (Å²) in [7, 11) is 0. The van der Waals surface area contributed by atoms with E-state index in [9.17, 15) is 0 Å². The van der Waals surface area contributed by atoms with E-state index in [0.717, 1.165) is 30.0 Å². The predicted octanol–water partition coefficient (Wildman–Crippen LogP) is 1.61. The quantitative estimate of drug-likeness (QED) is 0.763. The first-order valence-electron chi connectivity index (χ1n) is 6.75. The highest BCUT2D eigenvalue weighted by molar-refractivity contribution is 5.57. The molecule has 3 aromatic heterocycles. The smallest absolute Gasteiger partial charge is 0.234 e. The number of nitrogens with one attached hydrogen (secondary N) is 1. The van der Waals surface area contributed by atoms with Crippen LogP contribution in [0.2, 0.25) is 0 Å². The van der Waals surface area contributed by atoms with E-state index in [2.05, 4.69) is 20.3 Å². The summed E-state index contributed by atoms with van der Waals surface area (Å²) < 4.78 is 1.93. The summed E-state index contributed by atoms with van der Waals surface area (Å²) in [6.45, 7) is 1.05. The molecule has 20 heavy (non-hydrogen) atoms. The van der Waals surface area contributed by atoms with E-state index in [1.807, 2.05) is 22.9 Å². The summed E-state index contributed by atoms with van der Waals surface area (Å²) in [6, 6.07) is 2.20. The average Bonchev–Trinajstić information content (AvgIpc) is 3.17. The Morgan fingerprint density at radius 3 is 3.10 bits per heavy atom. The highest BCUT2D eigenvalue weighted by atomic mass is 15.1. The molecule has 6 heteroatoms. The zero-order chi connectivity index (χ0) is 13.4. The van der Waals surface area contributed by atoms with Gasteiger partial charge >= 0.3 is 0 Å². The van der Waals surface area contributed by atoms with E-state index in [0.29, 0.717) is 11.8 Å². The highest BCUT2D eigenvalue weighted by Gasteiger charge is 2.19. The van der Waals surface area contributed by atoms with E-state index in [4.69, 9.17) is 4.98 Å². The Labute approximate surface area is 115 Å². The standard InChI is InChI=1S/C14H14N6/c1-3-10(16-4-1)11-7-15-8-12(19-11)13-9-18-14-17-5-2-6-20(13)14/h2,5-10,16H,1,3-4H2. The minimum atomic E-state index is 0.319. The molecular formula is C14H14N6. The first-order chi connectivity index (χ1) is 9.92. The van der Waals surface area contributed by atoms with E-state index < -0.39 is 0 Å². The van der Waals surface area contributed by atoms with Gasteiger partial charge in [-0.3, -0.25) is 9.38 Å². The third kappa shape index (κ3) is 1.85. The zero-order valence-electron chi connectivity index (χ0n) is 10.9. The lowest BCUT2D eigenvalue weighted by Gasteiger charge is -2.10. The second-order valence-electron chi connectivity index (χ2n) is 4.91. The summed E-state index contributed by atoms with van der Waals surface area (Å²) in [5, 5.41) is 3.45. The van der Waals surface area contributed by atoms with Crippen molar-refractivity contribution in [3.05, 3.63) is 42.7 Å². The zero-order valence-corrected chi connectivity index (χ0v) is 10.9. The third-order valence-corrected chi connectivity index (χ3v) is 3.62. The van der Waals surface area contributed by atoms with Gasteiger partial charge in [-0.15, -0.1) is 0 Å². The number of hydrogen-bond acceptors (Lipinski definition) is 5. The monoisotopic (exact) mass is 266 g/mol. The highest BCUT2D eigenvalue weighted by Crippen LogP contribution is 2.23. The molecular weight excluding hydrogens is 252 g/mol. The Morgan fingerprint density at radius 1 is 1.20 bits per heavy atom. The predicted molar refractivity (Wildman–Crippen MR) is 74.0 cm³/mol. The van der Waals surface area contributed by atoms with Gasteiger partial charge in [0.15, 0.2) is 0 Å². The van der Waals surface area contributed by atoms with Crippen LogP contribution in [-0.4, -0.2) is 30.9 Å². The summed E-state index contributed by atoms with van der Waals surface area (Å²) in [6.07, 6.45) is 11.4. The Kier molecular flexibility index (Phi) is 2.67. The number of rotatable bonds is 2. The minimum absolute atomic E-state index is 0.319. The van der Waals surface area contributed by atoms with Crippen molar-refractivity contribution >= 4 is 5.78 Å². The molecule has 0 saturated carbocycles. The van der Waals surface area contributed by atoms with Crippen LogP contribution in [0.15, 0.2) is 37.1 Å². The van der Waals surface area contributed by atoms with Crippen molar-refractivity contribution in [2.45, 2.75) is 18.9 Å². The van der Waals surface area contributed by atoms with Crippen LogP contribution in [0.5, 0.6) is 0 Å². The molecule has 6 nitrogen and oxygen atoms in total. The van der Waals surface area contributed by atoms with Gasteiger partial charge in [-0.1, -0.05) is 0 Å². The van der Waals surface area contributed by atoms with Crippen LogP contribution in [0, 0.1) is 0 Å². The second-order valence-corrected chi connectivity index (χ2v) is 4.91. The number of imidazole rings is 1. The van der Waals surface area contributed by atoms with Crippen LogP contribution in [0.3, 0.4) is 0 Å². The Balaban J connectivity index is 1.80. The van der Waals surface area contributed by atoms with Crippen molar-refractivity contribution in [2.24, 2.45) is 0 Å². The third-order valence-electron chi connectivity index (χ3n) is 3.62. The van der Waals surface area contributed by atoms with Crippen LogP contribution in [0.4, 0.5) is 0 Å². The van der Waals surface area contributed by atoms with E-state index in [1.54, 1.807) is 18.6 Å². The van der Waals surface area contributed by atoms with Gasteiger partial charge in [0.05, 0.1) is 36.0 Å². The number of aromatic nitrogens is 5. The van der Waals surface area contributed by atoms with Crippen molar-refractivity contribution < 1.29 is 0 Å². The van der Waals surface area contributed by atoms with Gasteiger partial charge in [-0.05, 0) is 25.5 Å². The first-order valence-corrected chi connectivity index (χ1v) is 6.75. The van der Waals surface area contributed by atoms with Gasteiger partial charge in [0, 0.05) is 12.4 Å². The maximum atomic E-state index is 4.73. The first kappa shape index (κ1) is 11.5. The van der Waals surface area contributed by atoms with Crippen molar-refractivity contribution in [1.29, 1.82) is 0 Å². The maximum absolute atomic E-state index is 4.73. The van der Waals surface area contributed by atoms with E-state index in [-0.39, 0.29) is 0 Å². The van der Waals surface area contributed by atoms with Crippen LogP contribution in [-0.2, 0) is 0 Å². The largest absolute Gasteiger partial charge is 0.309 e. The summed E-state index contributed by atoms with van der Waals surface area (Å²) in [5.41, 5.74) is 2.75. The van der Waals surface area contributed by atoms with Crippen LogP contribution < -0.4 is 5.32 Å². The summed E-state index contributed by atoms with van der Waals surface area (Å²) in [4.78, 5) is 17.6. The molecule has 0 spiro atoms. The molecule has 1 fully saturated rings. The van der Waals surface area contributed by atoms with Crippen LogP contribution >= 0.6 is 0 Å². The molecule has 0 amide bonds. The molecule has 100 valence electrons. The molecule has 4 heterocycles. The molecule has 0 aromatic carbocycles. The van der Waals surface area contributed by atoms with Gasteiger partial charge in [0.1, 0.15) is 5.69 Å². The molecule has 1 aliphatic heterocycles. The van der Waals surface area contributed by atoms with Crippen molar-refractivity contribution in [1.82, 2.24) is 29.7 Å². The minimum Gasteiger partial charge on any atom is -0.309 e. The van der Waals surface area contributed by atoms with E-state index in [1.165, 1.54) is 6.42 Å². The topological polar surface area (TPSA) is 68.0 Å². The molecule has 1 unspecified atom stereocenters. The van der Waals surface area contributed by atoms with Crippen LogP contribution in [0.1, 0.15) is 24.6 Å². The molecule has 1 atom stereocenters. The molecule has 0 aliphatic carbocycles. The normalized spacial score (nSPS) is 18.7. The van der Waals surface area contributed by atoms with Crippen molar-refractivity contribution in [3.8, 4) is 11.4 Å². The summed E-state index contributed by atoms with van der Waals surface area (Å²) in [5.74, 6) is 0.675. The molecule has 1 aliphatic rings. The Hall–Kier alpha value is -2.34. The number of hydrogen-bond donors (Lipinski definition) is 1. The van der Waals surface area contributed by atoms with Crippen molar-refractivity contribution in [3.63, 3.8) is 0 Å².